The van der Waals surface area contributed by atoms with Crippen molar-refractivity contribution < 1.29 is 18.7 Å². The summed E-state index contributed by atoms with van der Waals surface area (Å²) in [6.07, 6.45) is -1.10. The topological polar surface area (TPSA) is 80.3 Å². The number of alkyl halides is 2. The van der Waals surface area contributed by atoms with Crippen molar-refractivity contribution in [2.45, 2.75) is 31.4 Å². The Labute approximate surface area is 103 Å². The maximum Gasteiger partial charge on any atom is 0.268 e. The van der Waals surface area contributed by atoms with E-state index in [9.17, 15) is 13.6 Å². The molecule has 100 valence electrons. The molecule has 1 unspecified atom stereocenters. The maximum absolute atomic E-state index is 12.1. The van der Waals surface area contributed by atoms with Crippen molar-refractivity contribution in [1.29, 1.82) is 0 Å². The van der Waals surface area contributed by atoms with E-state index in [0.717, 1.165) is 12.8 Å². The number of anilines is 1. The Balaban J connectivity index is 2.00. The molecule has 0 spiro atoms. The fourth-order valence-electron chi connectivity index (χ4n) is 1.71. The van der Waals surface area contributed by atoms with E-state index in [1.807, 2.05) is 0 Å². The molecule has 0 radical (unpaired) electrons. The molecule has 0 saturated heterocycles. The molecule has 4 N–H and O–H groups in total. The molecule has 1 saturated carbocycles. The third-order valence-corrected chi connectivity index (χ3v) is 2.81. The van der Waals surface area contributed by atoms with Gasteiger partial charge in [-0.1, -0.05) is 0 Å². The normalized spacial score (nSPS) is 16.9. The van der Waals surface area contributed by atoms with Crippen LogP contribution in [0.2, 0.25) is 0 Å². The van der Waals surface area contributed by atoms with Crippen LogP contribution in [-0.2, 0) is 0 Å². The number of nitrogens with zero attached hydrogens (tertiary/aromatic N) is 1. The zero-order chi connectivity index (χ0) is 13.3. The number of nitrogens with two attached hydrogens (primary N) is 1. The van der Waals surface area contributed by atoms with Gasteiger partial charge in [0.25, 0.3) is 12.3 Å². The number of nitrogen functional groups attached to an aromatic ring is 1. The van der Waals surface area contributed by atoms with Gasteiger partial charge in [0, 0.05) is 18.8 Å². The van der Waals surface area contributed by atoms with E-state index < -0.39 is 25.0 Å². The van der Waals surface area contributed by atoms with Crippen LogP contribution >= 0.6 is 0 Å². The number of hydrogen-bond acceptors (Lipinski definition) is 3. The van der Waals surface area contributed by atoms with Crippen molar-refractivity contribution in [3.05, 3.63) is 18.0 Å². The zero-order valence-electron chi connectivity index (χ0n) is 9.64. The molecule has 7 heteroatoms. The van der Waals surface area contributed by atoms with Crippen LogP contribution < -0.4 is 11.1 Å². The van der Waals surface area contributed by atoms with Crippen LogP contribution in [-0.4, -0.2) is 34.7 Å². The van der Waals surface area contributed by atoms with Crippen LogP contribution in [0.4, 0.5) is 14.5 Å². The Morgan fingerprint density at radius 2 is 2.28 bits per heavy atom. The maximum atomic E-state index is 12.1. The van der Waals surface area contributed by atoms with Crippen LogP contribution in [0.3, 0.4) is 0 Å². The summed E-state index contributed by atoms with van der Waals surface area (Å²) in [4.78, 5) is 11.8. The highest BCUT2D eigenvalue weighted by atomic mass is 19.3. The summed E-state index contributed by atoms with van der Waals surface area (Å²) in [6, 6.07) is 1.77. The van der Waals surface area contributed by atoms with E-state index in [-0.39, 0.29) is 6.04 Å². The first-order valence-electron chi connectivity index (χ1n) is 5.71. The second-order valence-corrected chi connectivity index (χ2v) is 4.41. The fraction of sp³-hybridized carbons (Fsp3) is 0.545. The lowest BCUT2D eigenvalue weighted by molar-refractivity contribution is -0.00274. The number of amides is 1. The zero-order valence-corrected chi connectivity index (χ0v) is 9.64. The second-order valence-electron chi connectivity index (χ2n) is 4.41. The smallest absolute Gasteiger partial charge is 0.268 e. The van der Waals surface area contributed by atoms with Gasteiger partial charge in [0.1, 0.15) is 11.8 Å². The molecule has 0 bridgehead atoms. The lowest BCUT2D eigenvalue weighted by Crippen LogP contribution is -2.36. The summed E-state index contributed by atoms with van der Waals surface area (Å²) in [7, 11) is 0. The lowest BCUT2D eigenvalue weighted by atomic mass is 10.3. The molecule has 1 heterocycles. The number of nitrogens with one attached hydrogen (secondary N) is 1. The highest BCUT2D eigenvalue weighted by molar-refractivity contribution is 5.93. The summed E-state index contributed by atoms with van der Waals surface area (Å²) in [5.41, 5.74) is 6.42. The molecule has 1 aliphatic rings. The van der Waals surface area contributed by atoms with Gasteiger partial charge >= 0.3 is 0 Å². The van der Waals surface area contributed by atoms with Gasteiger partial charge in [-0.25, -0.2) is 8.78 Å². The van der Waals surface area contributed by atoms with Gasteiger partial charge in [-0.15, -0.1) is 0 Å². The van der Waals surface area contributed by atoms with Crippen molar-refractivity contribution in [2.24, 2.45) is 0 Å². The van der Waals surface area contributed by atoms with E-state index >= 15 is 0 Å². The molecular formula is C11H15F2N3O2. The quantitative estimate of drug-likeness (QED) is 0.730. The SMILES string of the molecule is Nc1cc(C(=O)NCC(O)C(F)F)n(C2CC2)c1. The molecule has 1 amide bonds. The minimum atomic E-state index is -2.87. The summed E-state index contributed by atoms with van der Waals surface area (Å²) < 4.78 is 25.9. The van der Waals surface area contributed by atoms with Crippen LogP contribution in [0, 0.1) is 0 Å². The molecule has 1 aromatic heterocycles. The first-order valence-corrected chi connectivity index (χ1v) is 5.71. The summed E-state index contributed by atoms with van der Waals surface area (Å²) in [6.45, 7) is -0.480. The molecule has 1 atom stereocenters. The minimum absolute atomic E-state index is 0.267. The Morgan fingerprint density at radius 3 is 2.83 bits per heavy atom. The molecule has 0 aromatic carbocycles. The molecule has 0 aliphatic heterocycles. The predicted molar refractivity (Wildman–Crippen MR) is 61.5 cm³/mol. The lowest BCUT2D eigenvalue weighted by Gasteiger charge is -2.12. The van der Waals surface area contributed by atoms with Gasteiger partial charge in [0.2, 0.25) is 0 Å². The van der Waals surface area contributed by atoms with Gasteiger partial charge in [0.15, 0.2) is 0 Å². The largest absolute Gasteiger partial charge is 0.397 e. The summed E-state index contributed by atoms with van der Waals surface area (Å²) in [5, 5.41) is 11.2. The first-order chi connectivity index (χ1) is 8.49. The summed E-state index contributed by atoms with van der Waals surface area (Å²) in [5.74, 6) is -0.502. The van der Waals surface area contributed by atoms with E-state index in [4.69, 9.17) is 10.8 Å². The third kappa shape index (κ3) is 2.79. The van der Waals surface area contributed by atoms with E-state index in [1.165, 1.54) is 6.07 Å². The third-order valence-electron chi connectivity index (χ3n) is 2.81. The van der Waals surface area contributed by atoms with Crippen molar-refractivity contribution in [3.63, 3.8) is 0 Å². The first kappa shape index (κ1) is 12.8. The number of hydrogen-bond donors (Lipinski definition) is 3. The Bertz CT molecular complexity index is 443. The van der Waals surface area contributed by atoms with Crippen molar-refractivity contribution in [3.8, 4) is 0 Å². The molecule has 2 rings (SSSR count). The summed E-state index contributed by atoms with van der Waals surface area (Å²) >= 11 is 0. The standard InChI is InChI=1S/C11H15F2N3O2/c12-10(13)9(17)4-15-11(18)8-3-6(14)5-16(8)7-1-2-7/h3,5,7,9-10,17H,1-2,4,14H2,(H,15,18). The van der Waals surface area contributed by atoms with Gasteiger partial charge in [-0.2, -0.15) is 0 Å². The predicted octanol–water partition coefficient (Wildman–Crippen LogP) is 0.761. The van der Waals surface area contributed by atoms with E-state index in [2.05, 4.69) is 5.32 Å². The number of carbonyl (C=O) groups excluding carboxylic acids is 1. The molecule has 1 fully saturated rings. The Hall–Kier alpha value is -1.63. The van der Waals surface area contributed by atoms with Crippen molar-refractivity contribution >= 4 is 11.6 Å². The fourth-order valence-corrected chi connectivity index (χ4v) is 1.71. The number of carbonyl (C=O) groups is 1. The van der Waals surface area contributed by atoms with Crippen LogP contribution in [0.25, 0.3) is 0 Å². The number of aromatic nitrogens is 1. The minimum Gasteiger partial charge on any atom is -0.397 e. The van der Waals surface area contributed by atoms with Gasteiger partial charge in [0.05, 0.1) is 5.69 Å². The monoisotopic (exact) mass is 259 g/mol. The highest BCUT2D eigenvalue weighted by Gasteiger charge is 2.28. The van der Waals surface area contributed by atoms with Crippen LogP contribution in [0.5, 0.6) is 0 Å². The van der Waals surface area contributed by atoms with Crippen LogP contribution in [0.1, 0.15) is 29.4 Å². The average molecular weight is 259 g/mol. The average Bonchev–Trinajstić information content (AvgIpc) is 3.08. The Kier molecular flexibility index (Phi) is 3.51. The second kappa shape index (κ2) is 4.93. The molecule has 5 nitrogen and oxygen atoms in total. The van der Waals surface area contributed by atoms with Crippen molar-refractivity contribution in [2.75, 3.05) is 12.3 Å². The molecular weight excluding hydrogens is 244 g/mol. The van der Waals surface area contributed by atoms with Gasteiger partial charge in [-0.05, 0) is 18.9 Å². The molecule has 1 aromatic rings. The van der Waals surface area contributed by atoms with Gasteiger partial charge < -0.3 is 20.7 Å². The van der Waals surface area contributed by atoms with Gasteiger partial charge in [-0.3, -0.25) is 4.79 Å². The number of aliphatic hydroxyl groups excluding tert-OH is 1. The number of rotatable bonds is 5. The number of halogens is 2. The van der Waals surface area contributed by atoms with E-state index in [0.29, 0.717) is 11.4 Å². The Morgan fingerprint density at radius 1 is 1.61 bits per heavy atom. The molecule has 18 heavy (non-hydrogen) atoms. The molecule has 1 aliphatic carbocycles. The van der Waals surface area contributed by atoms with E-state index in [1.54, 1.807) is 10.8 Å². The highest BCUT2D eigenvalue weighted by Crippen LogP contribution is 2.37. The number of aliphatic hydroxyl groups is 1. The van der Waals surface area contributed by atoms with Crippen molar-refractivity contribution in [1.82, 2.24) is 9.88 Å². The van der Waals surface area contributed by atoms with Crippen LogP contribution in [0.15, 0.2) is 12.3 Å².